The average molecular weight is 334 g/mol. The molecule has 1 aliphatic rings. The van der Waals surface area contributed by atoms with E-state index in [1.807, 2.05) is 0 Å². The van der Waals surface area contributed by atoms with E-state index in [2.05, 4.69) is 21.8 Å². The van der Waals surface area contributed by atoms with Gasteiger partial charge in [-0.05, 0) is 14.0 Å². The van der Waals surface area contributed by atoms with Crippen LogP contribution in [0.3, 0.4) is 0 Å². The number of imidazole rings is 1. The normalized spacial score (nSPS) is 16.1. The Bertz CT molecular complexity index is 914. The van der Waals surface area contributed by atoms with Gasteiger partial charge in [0, 0.05) is 40.3 Å². The minimum Gasteiger partial charge on any atom is -0.340 e. The molecule has 0 aromatic carbocycles. The molecule has 9 nitrogen and oxygen atoms in total. The fraction of sp³-hybridized carbons (Fsp3) is 0.600. The third kappa shape index (κ3) is 2.54. The number of ketones is 1. The Hall–Kier alpha value is -2.42. The number of hydrogen-bond acceptors (Lipinski definition) is 6. The average Bonchev–Trinajstić information content (AvgIpc) is 2.88. The molecule has 0 aliphatic carbocycles. The third-order valence-corrected chi connectivity index (χ3v) is 4.50. The van der Waals surface area contributed by atoms with Crippen molar-refractivity contribution < 1.29 is 4.79 Å². The van der Waals surface area contributed by atoms with Gasteiger partial charge in [0.1, 0.15) is 5.78 Å². The number of hydrogen-bond donors (Lipinski definition) is 0. The minimum absolute atomic E-state index is 0.226. The second-order valence-corrected chi connectivity index (χ2v) is 6.37. The smallest absolute Gasteiger partial charge is 0.332 e. The second kappa shape index (κ2) is 5.90. The van der Waals surface area contributed by atoms with Crippen molar-refractivity contribution in [3.63, 3.8) is 0 Å². The summed E-state index contributed by atoms with van der Waals surface area (Å²) >= 11 is 0. The van der Waals surface area contributed by atoms with Gasteiger partial charge in [0.15, 0.2) is 11.2 Å². The predicted molar refractivity (Wildman–Crippen MR) is 90.6 cm³/mol. The van der Waals surface area contributed by atoms with Gasteiger partial charge in [0.05, 0.1) is 6.54 Å². The van der Waals surface area contributed by atoms with Crippen molar-refractivity contribution in [3.05, 3.63) is 20.8 Å². The summed E-state index contributed by atoms with van der Waals surface area (Å²) in [6.07, 6.45) is 0. The molecule has 3 rings (SSSR count). The van der Waals surface area contributed by atoms with Crippen LogP contribution in [0.5, 0.6) is 0 Å². The maximum Gasteiger partial charge on any atom is 0.332 e. The number of aryl methyl sites for hydroxylation is 2. The lowest BCUT2D eigenvalue weighted by molar-refractivity contribution is -0.117. The fourth-order valence-electron chi connectivity index (χ4n) is 3.08. The zero-order valence-corrected chi connectivity index (χ0v) is 14.4. The quantitative estimate of drug-likeness (QED) is 0.699. The lowest BCUT2D eigenvalue weighted by Crippen LogP contribution is -2.45. The molecule has 0 bridgehead atoms. The number of anilines is 1. The van der Waals surface area contributed by atoms with Crippen LogP contribution in [0.25, 0.3) is 11.2 Å². The van der Waals surface area contributed by atoms with E-state index in [1.165, 1.54) is 11.5 Å². The first-order valence-corrected chi connectivity index (χ1v) is 7.90. The summed E-state index contributed by atoms with van der Waals surface area (Å²) in [6, 6.07) is 0. The van der Waals surface area contributed by atoms with Crippen LogP contribution in [-0.2, 0) is 25.4 Å². The number of fused-ring (bicyclic) bond motifs is 1. The molecule has 0 unspecified atom stereocenters. The third-order valence-electron chi connectivity index (χ3n) is 4.50. The Kier molecular flexibility index (Phi) is 4.04. The summed E-state index contributed by atoms with van der Waals surface area (Å²) in [5.74, 6) is 0.431. The summed E-state index contributed by atoms with van der Waals surface area (Å²) in [5, 5.41) is 0. The Morgan fingerprint density at radius 2 is 1.67 bits per heavy atom. The zero-order valence-electron chi connectivity index (χ0n) is 14.4. The van der Waals surface area contributed by atoms with Crippen LogP contribution in [-0.4, -0.2) is 62.6 Å². The van der Waals surface area contributed by atoms with E-state index in [0.29, 0.717) is 17.1 Å². The number of likely N-dealkylation sites (N-methyl/N-ethyl adjacent to an activating group) is 1. The van der Waals surface area contributed by atoms with E-state index in [9.17, 15) is 14.4 Å². The van der Waals surface area contributed by atoms with E-state index in [-0.39, 0.29) is 12.3 Å². The molecular formula is C15H22N6O3. The number of Topliss-reactive ketones (excluding diaryl/α,β-unsaturated/α-hetero) is 1. The Balaban J connectivity index is 2.19. The van der Waals surface area contributed by atoms with Gasteiger partial charge in [0.25, 0.3) is 5.56 Å². The second-order valence-electron chi connectivity index (χ2n) is 6.37. The summed E-state index contributed by atoms with van der Waals surface area (Å²) in [6.45, 7) is 4.57. The first-order chi connectivity index (χ1) is 11.3. The zero-order chi connectivity index (χ0) is 17.6. The highest BCUT2D eigenvalue weighted by Crippen LogP contribution is 2.18. The van der Waals surface area contributed by atoms with Gasteiger partial charge in [-0.2, -0.15) is 4.98 Å². The van der Waals surface area contributed by atoms with Crippen molar-refractivity contribution in [1.82, 2.24) is 23.6 Å². The van der Waals surface area contributed by atoms with Crippen LogP contribution in [0.15, 0.2) is 9.59 Å². The first kappa shape index (κ1) is 16.4. The van der Waals surface area contributed by atoms with Crippen LogP contribution in [0, 0.1) is 0 Å². The first-order valence-electron chi connectivity index (χ1n) is 7.90. The van der Waals surface area contributed by atoms with E-state index in [1.54, 1.807) is 18.7 Å². The monoisotopic (exact) mass is 334 g/mol. The SMILES string of the molecule is CC(=O)Cn1c(=O)c2c(nc(N3CCN(C)CC3)n2C)n(C)c1=O. The molecule has 1 fully saturated rings. The standard InChI is InChI=1S/C15H22N6O3/c1-10(22)9-21-13(23)11-12(19(4)15(21)24)16-14(18(11)3)20-7-5-17(2)6-8-20/h5-9H2,1-4H3. The largest absolute Gasteiger partial charge is 0.340 e. The number of carbonyl (C=O) groups is 1. The van der Waals surface area contributed by atoms with Gasteiger partial charge in [0.2, 0.25) is 5.95 Å². The molecule has 1 aliphatic heterocycles. The van der Waals surface area contributed by atoms with Crippen LogP contribution >= 0.6 is 0 Å². The molecule has 0 radical (unpaired) electrons. The van der Waals surface area contributed by atoms with Crippen molar-refractivity contribution in [3.8, 4) is 0 Å². The predicted octanol–water partition coefficient (Wildman–Crippen LogP) is -1.23. The number of piperazine rings is 1. The van der Waals surface area contributed by atoms with Crippen LogP contribution in [0.1, 0.15) is 6.92 Å². The Labute approximate surface area is 138 Å². The summed E-state index contributed by atoms with van der Waals surface area (Å²) in [7, 11) is 5.41. The highest BCUT2D eigenvalue weighted by atomic mass is 16.2. The Morgan fingerprint density at radius 1 is 1.04 bits per heavy atom. The molecule has 24 heavy (non-hydrogen) atoms. The fourth-order valence-corrected chi connectivity index (χ4v) is 3.08. The molecule has 2 aromatic heterocycles. The number of nitrogens with zero attached hydrogens (tertiary/aromatic N) is 6. The van der Waals surface area contributed by atoms with Gasteiger partial charge in [-0.15, -0.1) is 0 Å². The van der Waals surface area contributed by atoms with Crippen LogP contribution < -0.4 is 16.1 Å². The van der Waals surface area contributed by atoms with Crippen molar-refractivity contribution in [2.45, 2.75) is 13.5 Å². The van der Waals surface area contributed by atoms with Gasteiger partial charge >= 0.3 is 5.69 Å². The molecule has 0 atom stereocenters. The maximum absolute atomic E-state index is 12.7. The van der Waals surface area contributed by atoms with Gasteiger partial charge < -0.3 is 14.4 Å². The summed E-state index contributed by atoms with van der Waals surface area (Å²) in [5.41, 5.74) is -0.307. The van der Waals surface area contributed by atoms with Crippen molar-refractivity contribution >= 4 is 22.9 Å². The molecule has 0 spiro atoms. The molecule has 0 saturated carbocycles. The minimum atomic E-state index is -0.522. The topological polar surface area (TPSA) is 85.4 Å². The Morgan fingerprint density at radius 3 is 2.25 bits per heavy atom. The summed E-state index contributed by atoms with van der Waals surface area (Å²) < 4.78 is 4.03. The molecule has 2 aromatic rings. The van der Waals surface area contributed by atoms with E-state index in [4.69, 9.17) is 0 Å². The molecule has 130 valence electrons. The van der Waals surface area contributed by atoms with Gasteiger partial charge in [-0.3, -0.25) is 18.7 Å². The lowest BCUT2D eigenvalue weighted by atomic mass is 10.3. The molecular weight excluding hydrogens is 312 g/mol. The summed E-state index contributed by atoms with van der Waals surface area (Å²) in [4.78, 5) is 45.4. The molecule has 0 amide bonds. The number of carbonyl (C=O) groups excluding carboxylic acids is 1. The van der Waals surface area contributed by atoms with Crippen molar-refractivity contribution in [2.75, 3.05) is 38.1 Å². The van der Waals surface area contributed by atoms with E-state index in [0.717, 1.165) is 30.7 Å². The molecule has 0 N–H and O–H groups in total. The van der Waals surface area contributed by atoms with Gasteiger partial charge in [-0.1, -0.05) is 0 Å². The van der Waals surface area contributed by atoms with Crippen molar-refractivity contribution in [1.29, 1.82) is 0 Å². The molecule has 9 heteroatoms. The van der Waals surface area contributed by atoms with Crippen LogP contribution in [0.2, 0.25) is 0 Å². The van der Waals surface area contributed by atoms with Crippen molar-refractivity contribution in [2.24, 2.45) is 14.1 Å². The highest BCUT2D eigenvalue weighted by Gasteiger charge is 2.23. The number of rotatable bonds is 3. The number of aromatic nitrogens is 4. The molecule has 1 saturated heterocycles. The van der Waals surface area contributed by atoms with Crippen LogP contribution in [0.4, 0.5) is 5.95 Å². The van der Waals surface area contributed by atoms with E-state index >= 15 is 0 Å². The highest BCUT2D eigenvalue weighted by molar-refractivity contribution is 5.77. The lowest BCUT2D eigenvalue weighted by Gasteiger charge is -2.32. The maximum atomic E-state index is 12.7. The van der Waals surface area contributed by atoms with Gasteiger partial charge in [-0.25, -0.2) is 4.79 Å². The molecule has 3 heterocycles. The van der Waals surface area contributed by atoms with E-state index < -0.39 is 11.2 Å².